The Kier molecular flexibility index (Phi) is 4.70. The number of pyridine rings is 1. The van der Waals surface area contributed by atoms with Crippen LogP contribution in [0.5, 0.6) is 0 Å². The molecule has 0 radical (unpaired) electrons. The van der Waals surface area contributed by atoms with Gasteiger partial charge in [-0.1, -0.05) is 26.1 Å². The number of nitrogens with two attached hydrogens (primary N) is 1. The van der Waals surface area contributed by atoms with Gasteiger partial charge in [-0.05, 0) is 43.2 Å². The Labute approximate surface area is 125 Å². The van der Waals surface area contributed by atoms with Crippen molar-refractivity contribution in [3.05, 3.63) is 29.6 Å². The highest BCUT2D eigenvalue weighted by atomic mass is 32.1. The van der Waals surface area contributed by atoms with E-state index >= 15 is 0 Å². The van der Waals surface area contributed by atoms with Crippen LogP contribution in [0.1, 0.15) is 49.2 Å². The third-order valence-electron chi connectivity index (χ3n) is 4.03. The summed E-state index contributed by atoms with van der Waals surface area (Å²) in [5.74, 6) is 1.14. The van der Waals surface area contributed by atoms with Gasteiger partial charge in [0.15, 0.2) is 0 Å². The van der Waals surface area contributed by atoms with Gasteiger partial charge in [0.1, 0.15) is 10.7 Å². The molecular weight excluding hydrogens is 270 g/mol. The van der Waals surface area contributed by atoms with Crippen LogP contribution >= 0.6 is 12.2 Å². The molecule has 0 spiro atoms. The van der Waals surface area contributed by atoms with Gasteiger partial charge in [0, 0.05) is 17.8 Å². The number of amides is 1. The maximum atomic E-state index is 12.2. The lowest BCUT2D eigenvalue weighted by molar-refractivity contribution is 0.0894. The van der Waals surface area contributed by atoms with Crippen LogP contribution in [0.15, 0.2) is 18.3 Å². The molecule has 1 aromatic rings. The Morgan fingerprint density at radius 1 is 1.40 bits per heavy atom. The first-order valence-corrected chi connectivity index (χ1v) is 7.45. The van der Waals surface area contributed by atoms with Crippen LogP contribution in [0.3, 0.4) is 0 Å². The van der Waals surface area contributed by atoms with Crippen molar-refractivity contribution in [1.29, 1.82) is 0 Å². The molecule has 0 aliphatic heterocycles. The molecule has 1 aliphatic carbocycles. The Morgan fingerprint density at radius 2 is 2.15 bits per heavy atom. The van der Waals surface area contributed by atoms with Crippen LogP contribution in [0, 0.1) is 11.8 Å². The fourth-order valence-corrected chi connectivity index (χ4v) is 2.92. The van der Waals surface area contributed by atoms with Crippen molar-refractivity contribution in [2.45, 2.75) is 39.2 Å². The van der Waals surface area contributed by atoms with Gasteiger partial charge in [-0.25, -0.2) is 0 Å². The fourth-order valence-electron chi connectivity index (χ4n) is 2.80. The van der Waals surface area contributed by atoms with E-state index in [-0.39, 0.29) is 11.9 Å². The maximum Gasteiger partial charge on any atom is 0.270 e. The number of hydrogen-bond donors (Lipinski definition) is 2. The molecule has 1 amide bonds. The summed E-state index contributed by atoms with van der Waals surface area (Å²) in [6.45, 7) is 4.47. The Balaban J connectivity index is 1.99. The maximum absolute atomic E-state index is 12.2. The number of nitrogens with zero attached hydrogens (tertiary/aromatic N) is 1. The predicted molar refractivity (Wildman–Crippen MR) is 83.6 cm³/mol. The molecule has 0 saturated heterocycles. The van der Waals surface area contributed by atoms with E-state index in [9.17, 15) is 4.79 Å². The van der Waals surface area contributed by atoms with E-state index in [1.807, 2.05) is 0 Å². The molecule has 1 aromatic heterocycles. The van der Waals surface area contributed by atoms with Crippen molar-refractivity contribution in [3.8, 4) is 0 Å². The van der Waals surface area contributed by atoms with E-state index in [0.717, 1.165) is 12.3 Å². The molecule has 3 atom stereocenters. The first-order chi connectivity index (χ1) is 9.47. The van der Waals surface area contributed by atoms with E-state index in [4.69, 9.17) is 18.0 Å². The standard InChI is InChI=1S/C15H21N3OS/c1-9-3-5-12(10(2)7-9)18-15(19)13-6-4-11(8-17-13)14(16)20/h4,6,8-10,12H,3,5,7H2,1-2H3,(H2,16,20)(H,18,19). The second-order valence-electron chi connectivity index (χ2n) is 5.77. The first kappa shape index (κ1) is 14.9. The van der Waals surface area contributed by atoms with Crippen molar-refractivity contribution in [3.63, 3.8) is 0 Å². The lowest BCUT2D eigenvalue weighted by Crippen LogP contribution is -2.42. The monoisotopic (exact) mass is 291 g/mol. The third kappa shape index (κ3) is 3.54. The van der Waals surface area contributed by atoms with Crippen molar-refractivity contribution < 1.29 is 4.79 Å². The minimum atomic E-state index is -0.120. The van der Waals surface area contributed by atoms with Gasteiger partial charge in [-0.15, -0.1) is 0 Å². The van der Waals surface area contributed by atoms with Crippen LogP contribution < -0.4 is 11.1 Å². The summed E-state index contributed by atoms with van der Waals surface area (Å²) in [6, 6.07) is 3.65. The lowest BCUT2D eigenvalue weighted by Gasteiger charge is -2.33. The third-order valence-corrected chi connectivity index (χ3v) is 4.26. The van der Waals surface area contributed by atoms with Crippen molar-refractivity contribution >= 4 is 23.1 Å². The summed E-state index contributed by atoms with van der Waals surface area (Å²) in [6.07, 6.45) is 4.92. The number of carbonyl (C=O) groups is 1. The number of hydrogen-bond acceptors (Lipinski definition) is 3. The minimum Gasteiger partial charge on any atom is -0.389 e. The van der Waals surface area contributed by atoms with Gasteiger partial charge in [0.05, 0.1) is 0 Å². The smallest absolute Gasteiger partial charge is 0.270 e. The molecule has 108 valence electrons. The van der Waals surface area contributed by atoms with E-state index in [1.54, 1.807) is 18.3 Å². The summed E-state index contributed by atoms with van der Waals surface area (Å²) in [5.41, 5.74) is 6.60. The van der Waals surface area contributed by atoms with Crippen molar-refractivity contribution in [2.24, 2.45) is 17.6 Å². The molecule has 5 heteroatoms. The lowest BCUT2D eigenvalue weighted by atomic mass is 9.80. The molecule has 1 heterocycles. The number of rotatable bonds is 3. The molecule has 1 aliphatic rings. The van der Waals surface area contributed by atoms with Crippen molar-refractivity contribution in [2.75, 3.05) is 0 Å². The Morgan fingerprint density at radius 3 is 2.70 bits per heavy atom. The van der Waals surface area contributed by atoms with E-state index < -0.39 is 0 Å². The Hall–Kier alpha value is -1.49. The molecule has 0 aromatic carbocycles. The topological polar surface area (TPSA) is 68.0 Å². The zero-order valence-electron chi connectivity index (χ0n) is 11.9. The molecule has 1 saturated carbocycles. The van der Waals surface area contributed by atoms with Gasteiger partial charge in [0.2, 0.25) is 0 Å². The highest BCUT2D eigenvalue weighted by molar-refractivity contribution is 7.80. The van der Waals surface area contributed by atoms with Gasteiger partial charge in [0.25, 0.3) is 5.91 Å². The summed E-state index contributed by atoms with van der Waals surface area (Å²) in [7, 11) is 0. The van der Waals surface area contributed by atoms with E-state index in [2.05, 4.69) is 24.1 Å². The average molecular weight is 291 g/mol. The summed E-state index contributed by atoms with van der Waals surface area (Å²) < 4.78 is 0. The molecule has 20 heavy (non-hydrogen) atoms. The molecule has 3 unspecified atom stereocenters. The van der Waals surface area contributed by atoms with Crippen LogP contribution in [-0.4, -0.2) is 21.9 Å². The summed E-state index contributed by atoms with van der Waals surface area (Å²) >= 11 is 4.87. The van der Waals surface area contributed by atoms with Crippen LogP contribution in [-0.2, 0) is 0 Å². The second kappa shape index (κ2) is 6.31. The highest BCUT2D eigenvalue weighted by Gasteiger charge is 2.26. The average Bonchev–Trinajstić information content (AvgIpc) is 2.42. The zero-order chi connectivity index (χ0) is 14.7. The van der Waals surface area contributed by atoms with Crippen LogP contribution in [0.4, 0.5) is 0 Å². The molecule has 1 fully saturated rings. The molecule has 4 nitrogen and oxygen atoms in total. The van der Waals surface area contributed by atoms with Crippen molar-refractivity contribution in [1.82, 2.24) is 10.3 Å². The largest absolute Gasteiger partial charge is 0.389 e. The van der Waals surface area contributed by atoms with Crippen LogP contribution in [0.2, 0.25) is 0 Å². The van der Waals surface area contributed by atoms with Gasteiger partial charge >= 0.3 is 0 Å². The molecule has 3 N–H and O–H groups in total. The quantitative estimate of drug-likeness (QED) is 0.838. The van der Waals surface area contributed by atoms with E-state index in [1.165, 1.54) is 12.8 Å². The minimum absolute atomic E-state index is 0.120. The van der Waals surface area contributed by atoms with Gasteiger partial charge in [-0.2, -0.15) is 0 Å². The van der Waals surface area contributed by atoms with E-state index in [0.29, 0.717) is 22.2 Å². The second-order valence-corrected chi connectivity index (χ2v) is 6.21. The normalized spacial score (nSPS) is 26.0. The number of carbonyl (C=O) groups excluding carboxylic acids is 1. The molecule has 0 bridgehead atoms. The van der Waals surface area contributed by atoms with Gasteiger partial charge in [-0.3, -0.25) is 9.78 Å². The first-order valence-electron chi connectivity index (χ1n) is 7.04. The highest BCUT2D eigenvalue weighted by Crippen LogP contribution is 2.28. The SMILES string of the molecule is CC1CCC(NC(=O)c2ccc(C(N)=S)cn2)C(C)C1. The zero-order valence-corrected chi connectivity index (χ0v) is 12.7. The summed E-state index contributed by atoms with van der Waals surface area (Å²) in [5, 5.41) is 3.09. The summed E-state index contributed by atoms with van der Waals surface area (Å²) in [4.78, 5) is 16.6. The van der Waals surface area contributed by atoms with Gasteiger partial charge < -0.3 is 11.1 Å². The molecular formula is C15H21N3OS. The fraction of sp³-hybridized carbons (Fsp3) is 0.533. The number of aromatic nitrogens is 1. The predicted octanol–water partition coefficient (Wildman–Crippen LogP) is 2.27. The van der Waals surface area contributed by atoms with Crippen LogP contribution in [0.25, 0.3) is 0 Å². The molecule has 2 rings (SSSR count). The number of nitrogens with one attached hydrogen (secondary N) is 1. The Bertz CT molecular complexity index is 500. The number of thiocarbonyl (C=S) groups is 1.